The number of benzene rings is 1. The zero-order chi connectivity index (χ0) is 9.84. The Morgan fingerprint density at radius 1 is 1.38 bits per heavy atom. The van der Waals surface area contributed by atoms with Crippen LogP contribution in [0.2, 0.25) is 10.0 Å². The van der Waals surface area contributed by atoms with Gasteiger partial charge in [-0.2, -0.15) is 0 Å². The summed E-state index contributed by atoms with van der Waals surface area (Å²) < 4.78 is 5.36. The van der Waals surface area contributed by atoms with E-state index in [0.717, 1.165) is 6.42 Å². The Bertz CT molecular complexity index is 279. The van der Waals surface area contributed by atoms with Crippen molar-refractivity contribution in [1.82, 2.24) is 0 Å². The summed E-state index contributed by atoms with van der Waals surface area (Å²) in [4.78, 5) is 0. The predicted octanol–water partition coefficient (Wildman–Crippen LogP) is 3.36. The van der Waals surface area contributed by atoms with E-state index < -0.39 is 0 Å². The highest BCUT2D eigenvalue weighted by Gasteiger charge is 2.07. The lowest BCUT2D eigenvalue weighted by Gasteiger charge is -2.09. The molecule has 0 aliphatic carbocycles. The van der Waals surface area contributed by atoms with Crippen LogP contribution in [-0.4, -0.2) is 6.61 Å². The third-order valence-electron chi connectivity index (χ3n) is 1.49. The zero-order valence-corrected chi connectivity index (χ0v) is 8.82. The van der Waals surface area contributed by atoms with Crippen LogP contribution >= 0.6 is 23.2 Å². The quantitative estimate of drug-likeness (QED) is 0.792. The van der Waals surface area contributed by atoms with Gasteiger partial charge in [-0.05, 0) is 18.6 Å². The average Bonchev–Trinajstić information content (AvgIpc) is 2.02. The molecule has 0 unspecified atom stereocenters. The summed E-state index contributed by atoms with van der Waals surface area (Å²) in [7, 11) is 0. The summed E-state index contributed by atoms with van der Waals surface area (Å²) in [6, 6.07) is 3.24. The maximum Gasteiger partial charge on any atom is 0.160 e. The van der Waals surface area contributed by atoms with Crippen LogP contribution in [0.4, 0.5) is 5.69 Å². The molecule has 0 spiro atoms. The second kappa shape index (κ2) is 4.58. The number of anilines is 1. The Kier molecular flexibility index (Phi) is 3.70. The van der Waals surface area contributed by atoms with E-state index in [0.29, 0.717) is 28.1 Å². The van der Waals surface area contributed by atoms with E-state index in [2.05, 4.69) is 0 Å². The number of nitrogen functional groups attached to an aromatic ring is 1. The molecule has 0 atom stereocenters. The molecule has 2 N–H and O–H groups in total. The zero-order valence-electron chi connectivity index (χ0n) is 7.31. The molecule has 0 fully saturated rings. The minimum Gasteiger partial charge on any atom is -0.490 e. The normalized spacial score (nSPS) is 10.1. The fourth-order valence-electron chi connectivity index (χ4n) is 0.937. The maximum atomic E-state index is 5.88. The number of hydrogen-bond acceptors (Lipinski definition) is 2. The van der Waals surface area contributed by atoms with Crippen LogP contribution in [0.25, 0.3) is 0 Å². The summed E-state index contributed by atoms with van der Waals surface area (Å²) in [5, 5.41) is 0.977. The first-order valence-corrected chi connectivity index (χ1v) is 4.78. The summed E-state index contributed by atoms with van der Waals surface area (Å²) in [5.41, 5.74) is 6.15. The van der Waals surface area contributed by atoms with Crippen LogP contribution in [0.1, 0.15) is 13.3 Å². The number of nitrogens with two attached hydrogens (primary N) is 1. The summed E-state index contributed by atoms with van der Waals surface area (Å²) >= 11 is 11.6. The second-order valence-corrected chi connectivity index (χ2v) is 3.50. The summed E-state index contributed by atoms with van der Waals surface area (Å²) in [6.45, 7) is 2.62. The minimum absolute atomic E-state index is 0.457. The van der Waals surface area contributed by atoms with Crippen LogP contribution in [0.3, 0.4) is 0 Å². The fourth-order valence-corrected chi connectivity index (χ4v) is 1.50. The third kappa shape index (κ3) is 2.68. The highest BCUT2D eigenvalue weighted by molar-refractivity contribution is 6.36. The van der Waals surface area contributed by atoms with E-state index in [-0.39, 0.29) is 0 Å². The molecule has 13 heavy (non-hydrogen) atoms. The number of halogens is 2. The summed E-state index contributed by atoms with van der Waals surface area (Å²) in [5.74, 6) is 0.521. The second-order valence-electron chi connectivity index (χ2n) is 2.65. The molecule has 0 saturated heterocycles. The molecule has 2 nitrogen and oxygen atoms in total. The van der Waals surface area contributed by atoms with Crippen molar-refractivity contribution in [2.75, 3.05) is 12.3 Å². The fraction of sp³-hybridized carbons (Fsp3) is 0.333. The van der Waals surface area contributed by atoms with E-state index in [1.807, 2.05) is 6.92 Å². The van der Waals surface area contributed by atoms with E-state index in [1.54, 1.807) is 12.1 Å². The van der Waals surface area contributed by atoms with Crippen molar-refractivity contribution < 1.29 is 4.74 Å². The number of hydrogen-bond donors (Lipinski definition) is 1. The van der Waals surface area contributed by atoms with Gasteiger partial charge in [0.15, 0.2) is 5.75 Å². The molecule has 0 aliphatic heterocycles. The van der Waals surface area contributed by atoms with Crippen molar-refractivity contribution in [1.29, 1.82) is 0 Å². The first-order valence-electron chi connectivity index (χ1n) is 4.02. The Labute approximate surface area is 87.6 Å². The molecule has 0 saturated carbocycles. The van der Waals surface area contributed by atoms with Gasteiger partial charge < -0.3 is 10.5 Å². The van der Waals surface area contributed by atoms with E-state index in [1.165, 1.54) is 0 Å². The number of ether oxygens (including phenoxy) is 1. The van der Waals surface area contributed by atoms with Gasteiger partial charge in [-0.25, -0.2) is 0 Å². The monoisotopic (exact) mass is 219 g/mol. The Morgan fingerprint density at radius 3 is 2.62 bits per heavy atom. The lowest BCUT2D eigenvalue weighted by molar-refractivity contribution is 0.319. The molecule has 1 aromatic rings. The molecule has 4 heteroatoms. The first kappa shape index (κ1) is 10.5. The van der Waals surface area contributed by atoms with Gasteiger partial charge in [0.25, 0.3) is 0 Å². The van der Waals surface area contributed by atoms with Gasteiger partial charge in [0.2, 0.25) is 0 Å². The molecule has 0 aliphatic rings. The molecule has 72 valence electrons. The van der Waals surface area contributed by atoms with E-state index >= 15 is 0 Å². The Morgan fingerprint density at radius 2 is 2.08 bits per heavy atom. The largest absolute Gasteiger partial charge is 0.490 e. The van der Waals surface area contributed by atoms with Crippen molar-refractivity contribution in [3.05, 3.63) is 22.2 Å². The van der Waals surface area contributed by atoms with Gasteiger partial charge in [-0.3, -0.25) is 0 Å². The van der Waals surface area contributed by atoms with Gasteiger partial charge in [0.1, 0.15) is 0 Å². The minimum atomic E-state index is 0.457. The van der Waals surface area contributed by atoms with Crippen LogP contribution in [0, 0.1) is 0 Å². The molecular formula is C9H11Cl2NO. The third-order valence-corrected chi connectivity index (χ3v) is 1.99. The molecule has 0 amide bonds. The standard InChI is InChI=1S/C9H11Cl2NO/c1-2-3-13-9-7(11)4-6(10)5-8(9)12/h4-5H,2-3,12H2,1H3. The van der Waals surface area contributed by atoms with Gasteiger partial charge in [0.05, 0.1) is 17.3 Å². The van der Waals surface area contributed by atoms with Gasteiger partial charge in [-0.1, -0.05) is 30.1 Å². The molecular weight excluding hydrogens is 209 g/mol. The molecule has 1 rings (SSSR count). The molecule has 0 heterocycles. The summed E-state index contributed by atoms with van der Waals surface area (Å²) in [6.07, 6.45) is 0.915. The number of rotatable bonds is 3. The maximum absolute atomic E-state index is 5.88. The van der Waals surface area contributed by atoms with Crippen LogP contribution in [0.5, 0.6) is 5.75 Å². The van der Waals surface area contributed by atoms with Crippen LogP contribution in [-0.2, 0) is 0 Å². The van der Waals surface area contributed by atoms with Crippen LogP contribution < -0.4 is 10.5 Å². The molecule has 1 aromatic carbocycles. The molecule has 0 bridgehead atoms. The predicted molar refractivity (Wildman–Crippen MR) is 56.7 cm³/mol. The Hall–Kier alpha value is -0.600. The lowest BCUT2D eigenvalue weighted by Crippen LogP contribution is -1.99. The van der Waals surface area contributed by atoms with E-state index in [4.69, 9.17) is 33.7 Å². The molecule has 0 aromatic heterocycles. The van der Waals surface area contributed by atoms with Crippen LogP contribution in [0.15, 0.2) is 12.1 Å². The van der Waals surface area contributed by atoms with Crippen molar-refractivity contribution in [3.8, 4) is 5.75 Å². The smallest absolute Gasteiger partial charge is 0.160 e. The SMILES string of the molecule is CCCOc1c(N)cc(Cl)cc1Cl. The topological polar surface area (TPSA) is 35.2 Å². The van der Waals surface area contributed by atoms with Crippen molar-refractivity contribution in [2.24, 2.45) is 0 Å². The van der Waals surface area contributed by atoms with Gasteiger partial charge >= 0.3 is 0 Å². The first-order chi connectivity index (χ1) is 6.15. The van der Waals surface area contributed by atoms with Gasteiger partial charge in [0, 0.05) is 5.02 Å². The molecule has 0 radical (unpaired) electrons. The van der Waals surface area contributed by atoms with Crippen molar-refractivity contribution in [2.45, 2.75) is 13.3 Å². The lowest BCUT2D eigenvalue weighted by atomic mass is 10.3. The van der Waals surface area contributed by atoms with E-state index in [9.17, 15) is 0 Å². The Balaban J connectivity index is 2.92. The van der Waals surface area contributed by atoms with Crippen molar-refractivity contribution >= 4 is 28.9 Å². The van der Waals surface area contributed by atoms with Gasteiger partial charge in [-0.15, -0.1) is 0 Å². The highest BCUT2D eigenvalue weighted by atomic mass is 35.5. The van der Waals surface area contributed by atoms with Crippen molar-refractivity contribution in [3.63, 3.8) is 0 Å². The highest BCUT2D eigenvalue weighted by Crippen LogP contribution is 2.34. The average molecular weight is 220 g/mol.